The van der Waals surface area contributed by atoms with Gasteiger partial charge in [0, 0.05) is 5.71 Å². The van der Waals surface area contributed by atoms with Gasteiger partial charge in [0.05, 0.1) is 6.42 Å². The molecule has 0 aliphatic carbocycles. The van der Waals surface area contributed by atoms with Gasteiger partial charge >= 0.3 is 5.97 Å². The van der Waals surface area contributed by atoms with Crippen molar-refractivity contribution >= 4 is 11.7 Å². The summed E-state index contributed by atoms with van der Waals surface area (Å²) in [6.45, 7) is 9.26. The van der Waals surface area contributed by atoms with Crippen molar-refractivity contribution < 1.29 is 9.53 Å². The molecule has 0 heterocycles. The SMILES string of the molecule is CC(C)C(=N)CC(=O)OC(C)(C)C. The Kier molecular flexibility index (Phi) is 4.11. The molecule has 13 heavy (non-hydrogen) atoms. The highest BCUT2D eigenvalue weighted by atomic mass is 16.6. The molecule has 0 atom stereocenters. The Morgan fingerprint density at radius 1 is 1.38 bits per heavy atom. The molecule has 76 valence electrons. The van der Waals surface area contributed by atoms with Crippen molar-refractivity contribution in [2.75, 3.05) is 0 Å². The topological polar surface area (TPSA) is 50.2 Å². The summed E-state index contributed by atoms with van der Waals surface area (Å²) in [7, 11) is 0. The first-order chi connectivity index (χ1) is 5.72. The summed E-state index contributed by atoms with van der Waals surface area (Å²) in [5, 5.41) is 7.48. The number of carbonyl (C=O) groups excluding carboxylic acids is 1. The smallest absolute Gasteiger partial charge is 0.312 e. The maximum Gasteiger partial charge on any atom is 0.312 e. The van der Waals surface area contributed by atoms with E-state index in [1.807, 2.05) is 34.6 Å². The molecule has 0 unspecified atom stereocenters. The lowest BCUT2D eigenvalue weighted by Crippen LogP contribution is -2.26. The number of rotatable bonds is 3. The predicted octanol–water partition coefficient (Wildman–Crippen LogP) is 2.39. The Morgan fingerprint density at radius 2 is 1.85 bits per heavy atom. The minimum atomic E-state index is -0.450. The van der Waals surface area contributed by atoms with Gasteiger partial charge in [-0.25, -0.2) is 0 Å². The van der Waals surface area contributed by atoms with Gasteiger partial charge in [-0.2, -0.15) is 0 Å². The average molecular weight is 185 g/mol. The van der Waals surface area contributed by atoms with Gasteiger partial charge < -0.3 is 10.1 Å². The van der Waals surface area contributed by atoms with Crippen molar-refractivity contribution in [2.45, 2.75) is 46.6 Å². The zero-order valence-corrected chi connectivity index (χ0v) is 9.10. The van der Waals surface area contributed by atoms with Crippen LogP contribution in [0.4, 0.5) is 0 Å². The lowest BCUT2D eigenvalue weighted by molar-refractivity contribution is -0.153. The molecule has 0 aromatic heterocycles. The van der Waals surface area contributed by atoms with Crippen molar-refractivity contribution in [3.63, 3.8) is 0 Å². The third-order valence-corrected chi connectivity index (χ3v) is 1.45. The number of ether oxygens (including phenoxy) is 1. The van der Waals surface area contributed by atoms with Gasteiger partial charge in [-0.3, -0.25) is 4.79 Å². The molecular formula is C10H19NO2. The number of hydrogen-bond donors (Lipinski definition) is 1. The molecule has 0 aliphatic rings. The van der Waals surface area contributed by atoms with Crippen molar-refractivity contribution in [3.8, 4) is 0 Å². The summed E-state index contributed by atoms with van der Waals surface area (Å²) < 4.78 is 5.08. The van der Waals surface area contributed by atoms with Gasteiger partial charge in [-0.15, -0.1) is 0 Å². The summed E-state index contributed by atoms with van der Waals surface area (Å²) in [5.74, 6) is -0.196. The van der Waals surface area contributed by atoms with Gasteiger partial charge in [0.15, 0.2) is 0 Å². The van der Waals surface area contributed by atoms with Gasteiger partial charge in [0.2, 0.25) is 0 Å². The molecule has 0 aromatic rings. The molecule has 0 radical (unpaired) electrons. The van der Waals surface area contributed by atoms with Crippen LogP contribution in [-0.2, 0) is 9.53 Å². The van der Waals surface area contributed by atoms with Crippen LogP contribution in [0.1, 0.15) is 41.0 Å². The number of carbonyl (C=O) groups is 1. The van der Waals surface area contributed by atoms with E-state index in [1.54, 1.807) is 0 Å². The third kappa shape index (κ3) is 6.31. The maximum absolute atomic E-state index is 11.2. The van der Waals surface area contributed by atoms with E-state index in [4.69, 9.17) is 10.1 Å². The molecule has 3 nitrogen and oxygen atoms in total. The van der Waals surface area contributed by atoms with Crippen LogP contribution >= 0.6 is 0 Å². The predicted molar refractivity (Wildman–Crippen MR) is 53.0 cm³/mol. The van der Waals surface area contributed by atoms with Crippen LogP contribution in [0.25, 0.3) is 0 Å². The number of hydrogen-bond acceptors (Lipinski definition) is 3. The standard InChI is InChI=1S/C10H19NO2/c1-7(2)8(11)6-9(12)13-10(3,4)5/h7,11H,6H2,1-5H3. The molecule has 0 fully saturated rings. The van der Waals surface area contributed by atoms with Crippen LogP contribution in [0.5, 0.6) is 0 Å². The zero-order chi connectivity index (χ0) is 10.6. The van der Waals surface area contributed by atoms with E-state index < -0.39 is 5.60 Å². The third-order valence-electron chi connectivity index (χ3n) is 1.45. The van der Waals surface area contributed by atoms with Gasteiger partial charge in [0.25, 0.3) is 0 Å². The highest BCUT2D eigenvalue weighted by molar-refractivity contribution is 5.98. The van der Waals surface area contributed by atoms with E-state index in [1.165, 1.54) is 0 Å². The largest absolute Gasteiger partial charge is 0.460 e. The lowest BCUT2D eigenvalue weighted by atomic mass is 10.1. The summed E-state index contributed by atoms with van der Waals surface area (Å²) in [4.78, 5) is 11.2. The Morgan fingerprint density at radius 3 is 2.15 bits per heavy atom. The molecule has 0 bridgehead atoms. The first-order valence-corrected chi connectivity index (χ1v) is 4.51. The fourth-order valence-electron chi connectivity index (χ4n) is 0.737. The molecule has 0 spiro atoms. The molecule has 0 saturated heterocycles. The van der Waals surface area contributed by atoms with Crippen LogP contribution < -0.4 is 0 Å². The second kappa shape index (κ2) is 4.40. The zero-order valence-electron chi connectivity index (χ0n) is 9.10. The van der Waals surface area contributed by atoms with Crippen molar-refractivity contribution in [1.82, 2.24) is 0 Å². The summed E-state index contributed by atoms with van der Waals surface area (Å²) >= 11 is 0. The summed E-state index contributed by atoms with van der Waals surface area (Å²) in [6.07, 6.45) is 0.106. The van der Waals surface area contributed by atoms with Crippen LogP contribution in [-0.4, -0.2) is 17.3 Å². The first-order valence-electron chi connectivity index (χ1n) is 4.51. The van der Waals surface area contributed by atoms with E-state index in [-0.39, 0.29) is 18.3 Å². The lowest BCUT2D eigenvalue weighted by Gasteiger charge is -2.19. The maximum atomic E-state index is 11.2. The normalized spacial score (nSPS) is 11.5. The van der Waals surface area contributed by atoms with Crippen molar-refractivity contribution in [2.24, 2.45) is 5.92 Å². The second-order valence-corrected chi connectivity index (χ2v) is 4.44. The molecular weight excluding hydrogens is 166 g/mol. The quantitative estimate of drug-likeness (QED) is 0.542. The monoisotopic (exact) mass is 185 g/mol. The molecule has 1 N–H and O–H groups in total. The average Bonchev–Trinajstić information content (AvgIpc) is 1.81. The van der Waals surface area contributed by atoms with E-state index in [2.05, 4.69) is 0 Å². The minimum absolute atomic E-state index is 0.106. The van der Waals surface area contributed by atoms with Gasteiger partial charge in [-0.05, 0) is 26.7 Å². The van der Waals surface area contributed by atoms with Crippen molar-refractivity contribution in [3.05, 3.63) is 0 Å². The molecule has 0 aromatic carbocycles. The van der Waals surface area contributed by atoms with Crippen LogP contribution in [0, 0.1) is 11.3 Å². The Hall–Kier alpha value is -0.860. The molecule has 0 amide bonds. The number of esters is 1. The van der Waals surface area contributed by atoms with Crippen molar-refractivity contribution in [1.29, 1.82) is 5.41 Å². The molecule has 3 heteroatoms. The summed E-state index contributed by atoms with van der Waals surface area (Å²) in [5.41, 5.74) is -0.0248. The molecule has 0 aliphatic heterocycles. The highest BCUT2D eigenvalue weighted by Gasteiger charge is 2.18. The molecule has 0 saturated carbocycles. The highest BCUT2D eigenvalue weighted by Crippen LogP contribution is 2.09. The van der Waals surface area contributed by atoms with E-state index >= 15 is 0 Å². The van der Waals surface area contributed by atoms with E-state index in [9.17, 15) is 4.79 Å². The Labute approximate surface area is 80.0 Å². The van der Waals surface area contributed by atoms with Gasteiger partial charge in [-0.1, -0.05) is 13.8 Å². The fourth-order valence-corrected chi connectivity index (χ4v) is 0.737. The fraction of sp³-hybridized carbons (Fsp3) is 0.800. The van der Waals surface area contributed by atoms with Gasteiger partial charge in [0.1, 0.15) is 5.60 Å². The minimum Gasteiger partial charge on any atom is -0.460 e. The Bertz CT molecular complexity index is 201. The van der Waals surface area contributed by atoms with Crippen LogP contribution in [0.3, 0.4) is 0 Å². The van der Waals surface area contributed by atoms with E-state index in [0.717, 1.165) is 0 Å². The number of nitrogens with one attached hydrogen (secondary N) is 1. The van der Waals surface area contributed by atoms with Crippen LogP contribution in [0.2, 0.25) is 0 Å². The second-order valence-electron chi connectivity index (χ2n) is 4.44. The van der Waals surface area contributed by atoms with E-state index in [0.29, 0.717) is 5.71 Å². The molecule has 0 rings (SSSR count). The first kappa shape index (κ1) is 12.1. The Balaban J connectivity index is 3.96. The summed E-state index contributed by atoms with van der Waals surface area (Å²) in [6, 6.07) is 0. The van der Waals surface area contributed by atoms with Crippen LogP contribution in [0.15, 0.2) is 0 Å².